The number of ether oxygens (including phenoxy) is 1. The lowest BCUT2D eigenvalue weighted by Crippen LogP contribution is -2.25. The van der Waals surface area contributed by atoms with E-state index in [4.69, 9.17) is 4.74 Å². The van der Waals surface area contributed by atoms with Crippen molar-refractivity contribution in [2.45, 2.75) is 26.3 Å². The highest BCUT2D eigenvalue weighted by Gasteiger charge is 2.15. The minimum absolute atomic E-state index is 0.0945. The van der Waals surface area contributed by atoms with E-state index in [0.717, 1.165) is 30.5 Å². The maximum atomic E-state index is 13.9. The summed E-state index contributed by atoms with van der Waals surface area (Å²) in [5.74, 6) is -0.172. The molecule has 3 heteroatoms. The number of hydrogen-bond donors (Lipinski definition) is 1. The summed E-state index contributed by atoms with van der Waals surface area (Å²) in [6, 6.07) is 11.1. The van der Waals surface area contributed by atoms with Crippen LogP contribution in [-0.2, 0) is 4.74 Å². The van der Waals surface area contributed by atoms with Gasteiger partial charge in [-0.25, -0.2) is 4.39 Å². The van der Waals surface area contributed by atoms with Crippen molar-refractivity contribution in [3.63, 3.8) is 0 Å². The van der Waals surface area contributed by atoms with Gasteiger partial charge in [-0.1, -0.05) is 44.2 Å². The van der Waals surface area contributed by atoms with Crippen molar-refractivity contribution in [1.82, 2.24) is 5.32 Å². The van der Waals surface area contributed by atoms with Gasteiger partial charge in [0.15, 0.2) is 0 Å². The fourth-order valence-electron chi connectivity index (χ4n) is 2.44. The fraction of sp³-hybridized carbons (Fsp3) is 0.412. The maximum absolute atomic E-state index is 13.9. The van der Waals surface area contributed by atoms with Crippen LogP contribution < -0.4 is 5.32 Å². The van der Waals surface area contributed by atoms with Gasteiger partial charge in [0.25, 0.3) is 0 Å². The summed E-state index contributed by atoms with van der Waals surface area (Å²) in [5.41, 5.74) is 1.10. The highest BCUT2D eigenvalue weighted by molar-refractivity contribution is 5.86. The van der Waals surface area contributed by atoms with E-state index in [1.165, 1.54) is 0 Å². The number of benzene rings is 2. The molecule has 0 radical (unpaired) electrons. The van der Waals surface area contributed by atoms with Gasteiger partial charge in [-0.15, -0.1) is 0 Å². The second kappa shape index (κ2) is 7.36. The Bertz CT molecular complexity index is 556. The third-order valence-corrected chi connectivity index (χ3v) is 3.36. The molecule has 2 aromatic carbocycles. The number of halogens is 1. The van der Waals surface area contributed by atoms with E-state index in [9.17, 15) is 4.39 Å². The summed E-state index contributed by atoms with van der Waals surface area (Å²) in [7, 11) is 0. The molecule has 2 nitrogen and oxygen atoms in total. The van der Waals surface area contributed by atoms with Gasteiger partial charge in [-0.2, -0.15) is 0 Å². The molecule has 0 aliphatic rings. The highest BCUT2D eigenvalue weighted by atomic mass is 19.1. The summed E-state index contributed by atoms with van der Waals surface area (Å²) in [5, 5.41) is 5.05. The molecule has 0 spiro atoms. The van der Waals surface area contributed by atoms with Crippen LogP contribution in [0.5, 0.6) is 0 Å². The molecular formula is C17H22FNO. The van der Waals surface area contributed by atoms with Crippen molar-refractivity contribution in [2.24, 2.45) is 0 Å². The number of rotatable bonds is 7. The molecule has 0 heterocycles. The van der Waals surface area contributed by atoms with E-state index in [1.807, 2.05) is 30.3 Å². The first-order valence-corrected chi connectivity index (χ1v) is 7.26. The smallest absolute Gasteiger partial charge is 0.131 e. The second-order valence-electron chi connectivity index (χ2n) is 4.87. The molecule has 0 saturated heterocycles. The zero-order chi connectivity index (χ0) is 14.4. The summed E-state index contributed by atoms with van der Waals surface area (Å²) >= 11 is 0. The largest absolute Gasteiger partial charge is 0.379 e. The second-order valence-corrected chi connectivity index (χ2v) is 4.87. The third kappa shape index (κ3) is 3.35. The van der Waals surface area contributed by atoms with E-state index in [1.54, 1.807) is 6.07 Å². The summed E-state index contributed by atoms with van der Waals surface area (Å²) in [6.07, 6.45) is 1.00. The number of fused-ring (bicyclic) bond motifs is 1. The van der Waals surface area contributed by atoms with Gasteiger partial charge in [-0.3, -0.25) is 0 Å². The topological polar surface area (TPSA) is 21.3 Å². The minimum Gasteiger partial charge on any atom is -0.379 e. The van der Waals surface area contributed by atoms with E-state index >= 15 is 0 Å². The highest BCUT2D eigenvalue weighted by Crippen LogP contribution is 2.26. The van der Waals surface area contributed by atoms with Crippen molar-refractivity contribution >= 4 is 10.8 Å². The van der Waals surface area contributed by atoms with Gasteiger partial charge in [0.05, 0.1) is 12.6 Å². The molecule has 0 amide bonds. The standard InChI is InChI=1S/C17H22FNO/c1-3-11-20-12-17(19-4-2)15-9-10-16(18)14-8-6-5-7-13(14)15/h5-10,17,19H,3-4,11-12H2,1-2H3. The Morgan fingerprint density at radius 2 is 1.85 bits per heavy atom. The van der Waals surface area contributed by atoms with Gasteiger partial charge in [0.2, 0.25) is 0 Å². The monoisotopic (exact) mass is 275 g/mol. The Morgan fingerprint density at radius 3 is 2.55 bits per heavy atom. The quantitative estimate of drug-likeness (QED) is 0.769. The molecule has 0 aromatic heterocycles. The lowest BCUT2D eigenvalue weighted by molar-refractivity contribution is 0.113. The lowest BCUT2D eigenvalue weighted by atomic mass is 9.98. The van der Waals surface area contributed by atoms with Gasteiger partial charge < -0.3 is 10.1 Å². The molecule has 0 saturated carbocycles. The van der Waals surface area contributed by atoms with Crippen molar-refractivity contribution in [2.75, 3.05) is 19.8 Å². The van der Waals surface area contributed by atoms with Crippen molar-refractivity contribution < 1.29 is 9.13 Å². The molecule has 1 N–H and O–H groups in total. The third-order valence-electron chi connectivity index (χ3n) is 3.36. The van der Waals surface area contributed by atoms with Crippen molar-refractivity contribution in [1.29, 1.82) is 0 Å². The van der Waals surface area contributed by atoms with Crippen LogP contribution in [0.1, 0.15) is 31.9 Å². The van der Waals surface area contributed by atoms with Gasteiger partial charge in [-0.05, 0) is 30.0 Å². The van der Waals surface area contributed by atoms with Crippen molar-refractivity contribution in [3.8, 4) is 0 Å². The molecule has 20 heavy (non-hydrogen) atoms. The maximum Gasteiger partial charge on any atom is 0.131 e. The average Bonchev–Trinajstić information content (AvgIpc) is 2.48. The average molecular weight is 275 g/mol. The molecule has 0 bridgehead atoms. The molecule has 108 valence electrons. The van der Waals surface area contributed by atoms with Crippen LogP contribution >= 0.6 is 0 Å². The fourth-order valence-corrected chi connectivity index (χ4v) is 2.44. The van der Waals surface area contributed by atoms with Crippen LogP contribution in [0, 0.1) is 5.82 Å². The lowest BCUT2D eigenvalue weighted by Gasteiger charge is -2.20. The van der Waals surface area contributed by atoms with Gasteiger partial charge in [0.1, 0.15) is 5.82 Å². The van der Waals surface area contributed by atoms with E-state index in [2.05, 4.69) is 19.2 Å². The van der Waals surface area contributed by atoms with Gasteiger partial charge >= 0.3 is 0 Å². The Labute approximate surface area is 119 Å². The zero-order valence-electron chi connectivity index (χ0n) is 12.2. The Hall–Kier alpha value is -1.45. The number of likely N-dealkylation sites (N-methyl/N-ethyl adjacent to an activating group) is 1. The summed E-state index contributed by atoms with van der Waals surface area (Å²) < 4.78 is 19.5. The van der Waals surface area contributed by atoms with E-state index < -0.39 is 0 Å². The Kier molecular flexibility index (Phi) is 5.50. The predicted octanol–water partition coefficient (Wildman–Crippen LogP) is 4.06. The molecule has 0 fully saturated rings. The minimum atomic E-state index is -0.172. The molecule has 1 atom stereocenters. The van der Waals surface area contributed by atoms with Gasteiger partial charge in [0, 0.05) is 12.0 Å². The van der Waals surface area contributed by atoms with Crippen molar-refractivity contribution in [3.05, 3.63) is 47.8 Å². The first-order chi connectivity index (χ1) is 9.77. The van der Waals surface area contributed by atoms with Crippen LogP contribution in [0.3, 0.4) is 0 Å². The normalized spacial score (nSPS) is 12.8. The number of nitrogens with one attached hydrogen (secondary N) is 1. The van der Waals surface area contributed by atoms with Crippen LogP contribution in [-0.4, -0.2) is 19.8 Å². The first-order valence-electron chi connectivity index (χ1n) is 7.26. The van der Waals surface area contributed by atoms with Crippen LogP contribution in [0.4, 0.5) is 4.39 Å². The Morgan fingerprint density at radius 1 is 1.10 bits per heavy atom. The summed E-state index contributed by atoms with van der Waals surface area (Å²) in [6.45, 7) is 6.37. The summed E-state index contributed by atoms with van der Waals surface area (Å²) in [4.78, 5) is 0. The van der Waals surface area contributed by atoms with Crippen LogP contribution in [0.25, 0.3) is 10.8 Å². The van der Waals surface area contributed by atoms with Crippen LogP contribution in [0.2, 0.25) is 0 Å². The first kappa shape index (κ1) is 14.9. The van der Waals surface area contributed by atoms with Crippen LogP contribution in [0.15, 0.2) is 36.4 Å². The number of hydrogen-bond acceptors (Lipinski definition) is 2. The van der Waals surface area contributed by atoms with E-state index in [-0.39, 0.29) is 11.9 Å². The molecule has 0 aliphatic carbocycles. The Balaban J connectivity index is 2.34. The molecule has 2 aromatic rings. The molecule has 2 rings (SSSR count). The van der Waals surface area contributed by atoms with E-state index in [0.29, 0.717) is 12.0 Å². The molecule has 0 aliphatic heterocycles. The zero-order valence-corrected chi connectivity index (χ0v) is 12.2. The SMILES string of the molecule is CCCOCC(NCC)c1ccc(F)c2ccccc12. The molecule has 1 unspecified atom stereocenters. The molecular weight excluding hydrogens is 253 g/mol. The predicted molar refractivity (Wildman–Crippen MR) is 81.4 cm³/mol.